The van der Waals surface area contributed by atoms with Crippen LogP contribution < -0.4 is 11.1 Å². The number of hydrogen-bond donors (Lipinski definition) is 2. The molecule has 0 radical (unpaired) electrons. The molecule has 0 saturated heterocycles. The summed E-state index contributed by atoms with van der Waals surface area (Å²) < 4.78 is 6.42. The summed E-state index contributed by atoms with van der Waals surface area (Å²) in [6.45, 7) is 1.19. The summed E-state index contributed by atoms with van der Waals surface area (Å²) in [4.78, 5) is 1.20. The third kappa shape index (κ3) is 3.03. The van der Waals surface area contributed by atoms with Gasteiger partial charge in [-0.2, -0.15) is 0 Å². The summed E-state index contributed by atoms with van der Waals surface area (Å²) in [6, 6.07) is 2.49. The van der Waals surface area contributed by atoms with Gasteiger partial charge < -0.3 is 15.5 Å². The van der Waals surface area contributed by atoms with E-state index in [4.69, 9.17) is 10.2 Å². The first kappa shape index (κ1) is 11.6. The molecule has 2 heterocycles. The summed E-state index contributed by atoms with van der Waals surface area (Å²) in [7, 11) is 0. The lowest BCUT2D eigenvalue weighted by atomic mass is 10.4. The molecule has 2 aromatic heterocycles. The highest BCUT2D eigenvalue weighted by Crippen LogP contribution is 2.20. The van der Waals surface area contributed by atoms with Gasteiger partial charge >= 0.3 is 6.01 Å². The quantitative estimate of drug-likeness (QED) is 0.883. The van der Waals surface area contributed by atoms with E-state index in [1.54, 1.807) is 11.3 Å². The largest absolute Gasteiger partial charge is 0.408 e. The van der Waals surface area contributed by atoms with E-state index in [0.29, 0.717) is 31.4 Å². The van der Waals surface area contributed by atoms with Crippen LogP contribution in [0.3, 0.4) is 0 Å². The zero-order chi connectivity index (χ0) is 11.4. The molecule has 0 aliphatic rings. The van der Waals surface area contributed by atoms with Crippen LogP contribution in [0.4, 0.5) is 6.01 Å². The van der Waals surface area contributed by atoms with Crippen LogP contribution in [0, 0.1) is 0 Å². The molecule has 0 aliphatic heterocycles. The Morgan fingerprint density at radius 3 is 3.06 bits per heavy atom. The first-order valence-electron chi connectivity index (χ1n) is 4.77. The van der Waals surface area contributed by atoms with E-state index >= 15 is 0 Å². The van der Waals surface area contributed by atoms with Gasteiger partial charge in [0.15, 0.2) is 0 Å². The average molecular weight is 303 g/mol. The Morgan fingerprint density at radius 1 is 1.50 bits per heavy atom. The van der Waals surface area contributed by atoms with Gasteiger partial charge in [0.2, 0.25) is 5.89 Å². The molecular formula is C9H11BrN4OS. The van der Waals surface area contributed by atoms with Gasteiger partial charge in [0.05, 0.1) is 6.54 Å². The van der Waals surface area contributed by atoms with E-state index in [1.165, 1.54) is 4.88 Å². The van der Waals surface area contributed by atoms with Gasteiger partial charge in [0, 0.05) is 27.7 Å². The summed E-state index contributed by atoms with van der Waals surface area (Å²) in [5.74, 6) is 0.567. The van der Waals surface area contributed by atoms with Crippen molar-refractivity contribution >= 4 is 33.3 Å². The molecule has 0 amide bonds. The van der Waals surface area contributed by atoms with Gasteiger partial charge in [-0.05, 0) is 22.0 Å². The van der Waals surface area contributed by atoms with Crippen LogP contribution in [-0.2, 0) is 13.0 Å². The normalized spacial score (nSPS) is 10.6. The standard InChI is InChI=1S/C9H11BrN4OS/c10-6-3-7(16-5-6)4-12-9-14-13-8(15-9)1-2-11/h3,5H,1-2,4,11H2,(H,12,14). The Labute approximate surface area is 105 Å². The summed E-state index contributed by atoms with van der Waals surface area (Å²) >= 11 is 5.07. The van der Waals surface area contributed by atoms with Crippen molar-refractivity contribution in [2.75, 3.05) is 11.9 Å². The zero-order valence-electron chi connectivity index (χ0n) is 8.44. The molecule has 0 atom stereocenters. The highest BCUT2D eigenvalue weighted by Gasteiger charge is 2.05. The molecular weight excluding hydrogens is 292 g/mol. The summed E-state index contributed by atoms with van der Waals surface area (Å²) in [5.41, 5.74) is 5.39. The molecule has 0 spiro atoms. The SMILES string of the molecule is NCCc1nnc(NCc2cc(Br)cs2)o1. The fraction of sp³-hybridized carbons (Fsp3) is 0.333. The minimum atomic E-state index is 0.438. The van der Waals surface area contributed by atoms with E-state index in [2.05, 4.69) is 37.5 Å². The van der Waals surface area contributed by atoms with Crippen LogP contribution in [0.15, 0.2) is 20.3 Å². The van der Waals surface area contributed by atoms with Crippen molar-refractivity contribution in [3.05, 3.63) is 26.7 Å². The van der Waals surface area contributed by atoms with Gasteiger partial charge in [-0.25, -0.2) is 0 Å². The van der Waals surface area contributed by atoms with Crippen molar-refractivity contribution in [3.63, 3.8) is 0 Å². The minimum absolute atomic E-state index is 0.438. The molecule has 2 aromatic rings. The first-order chi connectivity index (χ1) is 7.78. The molecule has 5 nitrogen and oxygen atoms in total. The number of nitrogens with one attached hydrogen (secondary N) is 1. The van der Waals surface area contributed by atoms with Gasteiger partial charge in [-0.3, -0.25) is 0 Å². The maximum absolute atomic E-state index is 5.39. The molecule has 7 heteroatoms. The van der Waals surface area contributed by atoms with Crippen LogP contribution in [0.25, 0.3) is 0 Å². The number of aromatic nitrogens is 2. The molecule has 2 rings (SSSR count). The third-order valence-electron chi connectivity index (χ3n) is 1.86. The number of thiophene rings is 1. The molecule has 3 N–H and O–H groups in total. The number of rotatable bonds is 5. The molecule has 0 fully saturated rings. The van der Waals surface area contributed by atoms with Crippen LogP contribution in [-0.4, -0.2) is 16.7 Å². The molecule has 86 valence electrons. The highest BCUT2D eigenvalue weighted by molar-refractivity contribution is 9.10. The van der Waals surface area contributed by atoms with Gasteiger partial charge in [-0.1, -0.05) is 5.10 Å². The van der Waals surface area contributed by atoms with Crippen molar-refractivity contribution in [2.45, 2.75) is 13.0 Å². The lowest BCUT2D eigenvalue weighted by Crippen LogP contribution is -2.02. The number of hydrogen-bond acceptors (Lipinski definition) is 6. The number of halogens is 1. The molecule has 0 aromatic carbocycles. The lowest BCUT2D eigenvalue weighted by molar-refractivity contribution is 0.506. The van der Waals surface area contributed by atoms with Gasteiger partial charge in [0.25, 0.3) is 0 Å². The third-order valence-corrected chi connectivity index (χ3v) is 3.56. The Hall–Kier alpha value is -0.920. The van der Waals surface area contributed by atoms with Crippen LogP contribution in [0.5, 0.6) is 0 Å². The topological polar surface area (TPSA) is 77.0 Å². The monoisotopic (exact) mass is 302 g/mol. The van der Waals surface area contributed by atoms with E-state index in [0.717, 1.165) is 4.47 Å². The zero-order valence-corrected chi connectivity index (χ0v) is 10.8. The average Bonchev–Trinajstić information content (AvgIpc) is 2.85. The fourth-order valence-electron chi connectivity index (χ4n) is 1.16. The van der Waals surface area contributed by atoms with E-state index in [9.17, 15) is 0 Å². The van der Waals surface area contributed by atoms with E-state index < -0.39 is 0 Å². The Balaban J connectivity index is 1.89. The maximum Gasteiger partial charge on any atom is 0.315 e. The molecule has 0 unspecified atom stereocenters. The van der Waals surface area contributed by atoms with Crippen LogP contribution >= 0.6 is 27.3 Å². The number of anilines is 1. The second-order valence-electron chi connectivity index (χ2n) is 3.12. The Bertz CT molecular complexity index is 456. The van der Waals surface area contributed by atoms with Crippen molar-refractivity contribution in [1.29, 1.82) is 0 Å². The summed E-state index contributed by atoms with van der Waals surface area (Å²) in [6.07, 6.45) is 0.610. The van der Waals surface area contributed by atoms with E-state index in [1.807, 2.05) is 5.38 Å². The first-order valence-corrected chi connectivity index (χ1v) is 6.44. The van der Waals surface area contributed by atoms with Gasteiger partial charge in [-0.15, -0.1) is 16.4 Å². The number of nitrogens with zero attached hydrogens (tertiary/aromatic N) is 2. The van der Waals surface area contributed by atoms with Crippen LogP contribution in [0.2, 0.25) is 0 Å². The van der Waals surface area contributed by atoms with Crippen molar-refractivity contribution < 1.29 is 4.42 Å². The second kappa shape index (κ2) is 5.42. The van der Waals surface area contributed by atoms with Crippen LogP contribution in [0.1, 0.15) is 10.8 Å². The fourth-order valence-corrected chi connectivity index (χ4v) is 2.55. The van der Waals surface area contributed by atoms with Gasteiger partial charge in [0.1, 0.15) is 0 Å². The molecule has 0 aliphatic carbocycles. The Morgan fingerprint density at radius 2 is 2.38 bits per heavy atom. The Kier molecular flexibility index (Phi) is 3.92. The lowest BCUT2D eigenvalue weighted by Gasteiger charge is -1.96. The molecule has 16 heavy (non-hydrogen) atoms. The maximum atomic E-state index is 5.39. The highest BCUT2D eigenvalue weighted by atomic mass is 79.9. The predicted octanol–water partition coefficient (Wildman–Crippen LogP) is 2.01. The molecule has 0 saturated carbocycles. The number of nitrogens with two attached hydrogens (primary N) is 1. The summed E-state index contributed by atoms with van der Waals surface area (Å²) in [5, 5.41) is 12.8. The minimum Gasteiger partial charge on any atom is -0.408 e. The smallest absolute Gasteiger partial charge is 0.315 e. The second-order valence-corrected chi connectivity index (χ2v) is 5.04. The van der Waals surface area contributed by atoms with E-state index in [-0.39, 0.29) is 0 Å². The van der Waals surface area contributed by atoms with Crippen molar-refractivity contribution in [3.8, 4) is 0 Å². The molecule has 0 bridgehead atoms. The predicted molar refractivity (Wildman–Crippen MR) is 66.4 cm³/mol. The van der Waals surface area contributed by atoms with Crippen molar-refractivity contribution in [2.24, 2.45) is 5.73 Å². The van der Waals surface area contributed by atoms with Crippen molar-refractivity contribution in [1.82, 2.24) is 10.2 Å².